The van der Waals surface area contributed by atoms with Gasteiger partial charge in [0.2, 0.25) is 5.91 Å². The van der Waals surface area contributed by atoms with Crippen molar-refractivity contribution in [1.29, 1.82) is 0 Å². The molecule has 6 N–H and O–H groups in total. The van der Waals surface area contributed by atoms with E-state index in [2.05, 4.69) is 47.0 Å². The van der Waals surface area contributed by atoms with Gasteiger partial charge in [0.25, 0.3) is 5.24 Å². The van der Waals surface area contributed by atoms with Crippen molar-refractivity contribution >= 4 is 34.4 Å². The Morgan fingerprint density at radius 2 is 1.83 bits per heavy atom. The molecular formula is C25H38N6O3S. The van der Waals surface area contributed by atoms with Crippen LogP contribution in [0.3, 0.4) is 0 Å². The average Bonchev–Trinajstić information content (AvgIpc) is 3.16. The van der Waals surface area contributed by atoms with Gasteiger partial charge in [-0.1, -0.05) is 43.0 Å². The monoisotopic (exact) mass is 502 g/mol. The summed E-state index contributed by atoms with van der Waals surface area (Å²) in [6, 6.07) is 15.9. The predicted molar refractivity (Wildman–Crippen MR) is 145 cm³/mol. The molecule has 2 amide bonds. The van der Waals surface area contributed by atoms with Crippen molar-refractivity contribution in [3.05, 3.63) is 65.2 Å². The van der Waals surface area contributed by atoms with Crippen molar-refractivity contribution in [1.82, 2.24) is 10.3 Å². The van der Waals surface area contributed by atoms with Crippen LogP contribution in [0.2, 0.25) is 0 Å². The number of hydrogen-bond acceptors (Lipinski definition) is 8. The van der Waals surface area contributed by atoms with E-state index in [1.54, 1.807) is 0 Å². The molecule has 35 heavy (non-hydrogen) atoms. The first kappa shape index (κ1) is 26.5. The van der Waals surface area contributed by atoms with Crippen LogP contribution < -0.4 is 22.4 Å². The molecule has 1 atom stereocenters. The first-order valence-electron chi connectivity index (χ1n) is 11.8. The van der Waals surface area contributed by atoms with Crippen LogP contribution in [0.4, 0.5) is 10.5 Å². The van der Waals surface area contributed by atoms with Crippen LogP contribution in [0, 0.1) is 0 Å². The number of carbonyl (C=O) groups is 2. The number of hydrazine groups is 1. The van der Waals surface area contributed by atoms with Gasteiger partial charge >= 0.3 is 0 Å². The molecule has 0 aromatic heterocycles. The average molecular weight is 503 g/mol. The van der Waals surface area contributed by atoms with E-state index in [9.17, 15) is 9.59 Å². The number of nitrogens with zero attached hydrogens (tertiary/aromatic N) is 2. The summed E-state index contributed by atoms with van der Waals surface area (Å²) in [5.74, 6) is 11.0. The van der Waals surface area contributed by atoms with Gasteiger partial charge < -0.3 is 21.3 Å². The van der Waals surface area contributed by atoms with Crippen LogP contribution >= 0.6 is 11.8 Å². The van der Waals surface area contributed by atoms with E-state index in [1.807, 2.05) is 24.3 Å². The third-order valence-corrected chi connectivity index (χ3v) is 7.00. The molecule has 1 fully saturated rings. The molecule has 1 aliphatic rings. The minimum Gasteiger partial charge on any atom is -0.363 e. The molecular weight excluding hydrogens is 464 g/mol. The van der Waals surface area contributed by atoms with Gasteiger partial charge in [0.05, 0.1) is 5.25 Å². The van der Waals surface area contributed by atoms with Gasteiger partial charge in [-0.25, -0.2) is 5.84 Å². The van der Waals surface area contributed by atoms with E-state index in [-0.39, 0.29) is 19.2 Å². The zero-order chi connectivity index (χ0) is 25.0. The van der Waals surface area contributed by atoms with Crippen molar-refractivity contribution in [3.8, 4) is 0 Å². The summed E-state index contributed by atoms with van der Waals surface area (Å²) >= 11 is 1.15. The molecule has 192 valence electrons. The lowest BCUT2D eigenvalue weighted by atomic mass is 10.0. The number of carbonyl (C=O) groups excluding carboxylic acids is 2. The fourth-order valence-electron chi connectivity index (χ4n) is 3.74. The number of rotatable bonds is 13. The summed E-state index contributed by atoms with van der Waals surface area (Å²) in [5.41, 5.74) is 6.60. The molecule has 3 rings (SSSR count). The summed E-state index contributed by atoms with van der Waals surface area (Å²) in [4.78, 5) is 26.4. The van der Waals surface area contributed by atoms with Crippen molar-refractivity contribution in [2.24, 2.45) is 16.8 Å². The lowest BCUT2D eigenvalue weighted by Crippen LogP contribution is -2.32. The first-order chi connectivity index (χ1) is 17.0. The molecule has 2 aromatic carbocycles. The highest BCUT2D eigenvalue weighted by molar-refractivity contribution is 8.15. The third kappa shape index (κ3) is 7.71. The molecule has 1 unspecified atom stereocenters. The predicted octanol–water partition coefficient (Wildman–Crippen LogP) is 3.69. The van der Waals surface area contributed by atoms with Crippen molar-refractivity contribution < 1.29 is 17.2 Å². The second-order valence-electron chi connectivity index (χ2n) is 8.21. The maximum absolute atomic E-state index is 12.7. The molecule has 2 aromatic rings. The number of nitrogens with two attached hydrogens (primary N) is 2. The highest BCUT2D eigenvalue weighted by Gasteiger charge is 2.38. The summed E-state index contributed by atoms with van der Waals surface area (Å²) in [6.07, 6.45) is 3.95. The number of unbranched alkanes of at least 4 members (excludes halogenated alkanes) is 1. The van der Waals surface area contributed by atoms with E-state index in [0.29, 0.717) is 38.6 Å². The van der Waals surface area contributed by atoms with Crippen LogP contribution in [0.25, 0.3) is 0 Å². The Morgan fingerprint density at radius 1 is 1.11 bits per heavy atom. The smallest absolute Gasteiger partial charge is 0.289 e. The lowest BCUT2D eigenvalue weighted by molar-refractivity contribution is -0.126. The summed E-state index contributed by atoms with van der Waals surface area (Å²) in [5, 5.41) is 6.31. The lowest BCUT2D eigenvalue weighted by Gasteiger charge is -2.14. The third-order valence-electron chi connectivity index (χ3n) is 5.85. The van der Waals surface area contributed by atoms with Crippen LogP contribution in [-0.2, 0) is 22.4 Å². The standard InChI is InChI=1S/C25H34N6O3S.2H2/c1-2-18-5-7-19(8-6-18)9-14-22-24(32)31(25(33)35-22)15-3-4-16-34-17-28-21-12-10-20(11-13-21)23(29-26)30-27;;/h5-8,10-13,22,28H,2-4,9,14-17,26-27H2,1H3,(H,29,30);2*1H. The Morgan fingerprint density at radius 3 is 2.49 bits per heavy atom. The second kappa shape index (κ2) is 13.7. The SMILES string of the molecule is CCc1ccc(CCC2SC(=O)N(CCCCOCNc3ccc(/C(=N/N)NN)cc3)C2=O)cc1.[HH].[HH]. The number of thioether (sulfide) groups is 1. The minimum absolute atomic E-state index is 0. The van der Waals surface area contributed by atoms with E-state index >= 15 is 0 Å². The summed E-state index contributed by atoms with van der Waals surface area (Å²) < 4.78 is 5.62. The number of hydrogen-bond donors (Lipinski definition) is 4. The van der Waals surface area contributed by atoms with Gasteiger partial charge in [0.15, 0.2) is 5.84 Å². The number of amidine groups is 1. The van der Waals surface area contributed by atoms with Crippen LogP contribution in [-0.4, -0.2) is 47.0 Å². The van der Waals surface area contributed by atoms with Gasteiger partial charge in [0.1, 0.15) is 6.73 Å². The Kier molecular flexibility index (Phi) is 10.4. The fourth-order valence-corrected chi connectivity index (χ4v) is 4.76. The van der Waals surface area contributed by atoms with Crippen LogP contribution in [0.1, 0.15) is 45.7 Å². The molecule has 1 saturated heterocycles. The van der Waals surface area contributed by atoms with Crippen molar-refractivity contribution in [2.75, 3.05) is 25.2 Å². The quantitative estimate of drug-likeness (QED) is 0.0813. The minimum atomic E-state index is -0.284. The van der Waals surface area contributed by atoms with Gasteiger partial charge in [-0.05, 0) is 67.5 Å². The molecule has 1 heterocycles. The number of hydrazone groups is 1. The highest BCUT2D eigenvalue weighted by Crippen LogP contribution is 2.30. The van der Waals surface area contributed by atoms with E-state index in [0.717, 1.165) is 42.3 Å². The Bertz CT molecular complexity index is 1010. The number of anilines is 1. The number of ether oxygens (including phenoxy) is 1. The molecule has 10 heteroatoms. The summed E-state index contributed by atoms with van der Waals surface area (Å²) in [6.45, 7) is 3.45. The second-order valence-corrected chi connectivity index (χ2v) is 9.36. The van der Waals surface area contributed by atoms with E-state index in [1.165, 1.54) is 16.0 Å². The Labute approximate surface area is 213 Å². The topological polar surface area (TPSA) is 135 Å². The number of amides is 2. The van der Waals surface area contributed by atoms with Gasteiger partial charge in [0, 0.05) is 27.3 Å². The number of benzene rings is 2. The normalized spacial score (nSPS) is 16.1. The zero-order valence-corrected chi connectivity index (χ0v) is 20.9. The van der Waals surface area contributed by atoms with Gasteiger partial charge in [-0.15, -0.1) is 0 Å². The van der Waals surface area contributed by atoms with Crippen molar-refractivity contribution in [3.63, 3.8) is 0 Å². The molecule has 0 saturated carbocycles. The molecule has 0 radical (unpaired) electrons. The zero-order valence-electron chi connectivity index (χ0n) is 20.0. The maximum Gasteiger partial charge on any atom is 0.289 e. The van der Waals surface area contributed by atoms with Gasteiger partial charge in [-0.2, -0.15) is 5.10 Å². The van der Waals surface area contributed by atoms with Crippen molar-refractivity contribution in [2.45, 2.75) is 44.3 Å². The van der Waals surface area contributed by atoms with E-state index < -0.39 is 0 Å². The molecule has 0 aliphatic carbocycles. The van der Waals surface area contributed by atoms with E-state index in [4.69, 9.17) is 16.4 Å². The molecule has 0 bridgehead atoms. The fraction of sp³-hybridized carbons (Fsp3) is 0.400. The molecule has 0 spiro atoms. The largest absolute Gasteiger partial charge is 0.363 e. The first-order valence-corrected chi connectivity index (χ1v) is 12.7. The highest BCUT2D eigenvalue weighted by atomic mass is 32.2. The summed E-state index contributed by atoms with van der Waals surface area (Å²) in [7, 11) is 0. The van der Waals surface area contributed by atoms with Crippen LogP contribution in [0.5, 0.6) is 0 Å². The number of nitrogens with one attached hydrogen (secondary N) is 2. The molecule has 9 nitrogen and oxygen atoms in total. The number of imide groups is 1. The maximum atomic E-state index is 12.7. The van der Waals surface area contributed by atoms with Crippen LogP contribution in [0.15, 0.2) is 53.6 Å². The Hall–Kier alpha value is -3.08. The Balaban J connectivity index is 0.00000342. The van der Waals surface area contributed by atoms with Gasteiger partial charge in [-0.3, -0.25) is 14.5 Å². The number of aryl methyl sites for hydroxylation is 2. The molecule has 1 aliphatic heterocycles.